The summed E-state index contributed by atoms with van der Waals surface area (Å²) in [5, 5.41) is 0. The Morgan fingerprint density at radius 2 is 1.66 bits per heavy atom. The van der Waals surface area contributed by atoms with Gasteiger partial charge in [0.15, 0.2) is 5.82 Å². The molecule has 0 saturated carbocycles. The van der Waals surface area contributed by atoms with Crippen LogP contribution in [0.3, 0.4) is 0 Å². The average Bonchev–Trinajstić information content (AvgIpc) is 2.84. The van der Waals surface area contributed by atoms with Crippen LogP contribution in [-0.4, -0.2) is 52.6 Å². The van der Waals surface area contributed by atoms with Crippen LogP contribution < -0.4 is 4.90 Å². The number of aromatic nitrogens is 2. The van der Waals surface area contributed by atoms with E-state index in [0.29, 0.717) is 6.54 Å². The molecule has 3 heterocycles. The highest BCUT2D eigenvalue weighted by Gasteiger charge is 2.42. The maximum atomic E-state index is 13.3. The lowest BCUT2D eigenvalue weighted by atomic mass is 9.89. The fraction of sp³-hybridized carbons (Fsp3) is 0.320. The summed E-state index contributed by atoms with van der Waals surface area (Å²) in [6, 6.07) is 16.0. The fourth-order valence-corrected chi connectivity index (χ4v) is 4.42. The number of hydrogen-bond donors (Lipinski definition) is 0. The van der Waals surface area contributed by atoms with E-state index in [1.807, 2.05) is 42.7 Å². The summed E-state index contributed by atoms with van der Waals surface area (Å²) in [4.78, 5) is 25.6. The Kier molecular flexibility index (Phi) is 5.68. The van der Waals surface area contributed by atoms with Gasteiger partial charge in [-0.2, -0.15) is 0 Å². The molecule has 0 atom stereocenters. The van der Waals surface area contributed by atoms with E-state index in [9.17, 15) is 9.18 Å². The first-order chi connectivity index (χ1) is 15.6. The highest BCUT2D eigenvalue weighted by molar-refractivity contribution is 5.95. The third-order valence-electron chi connectivity index (χ3n) is 6.30. The van der Waals surface area contributed by atoms with E-state index in [0.717, 1.165) is 55.1 Å². The predicted molar refractivity (Wildman–Crippen MR) is 119 cm³/mol. The van der Waals surface area contributed by atoms with Crippen molar-refractivity contribution in [2.24, 2.45) is 0 Å². The van der Waals surface area contributed by atoms with Crippen molar-refractivity contribution < 1.29 is 13.9 Å². The van der Waals surface area contributed by atoms with Crippen molar-refractivity contribution in [3.63, 3.8) is 0 Å². The van der Waals surface area contributed by atoms with Gasteiger partial charge in [-0.25, -0.2) is 14.4 Å². The molecule has 1 spiro atoms. The summed E-state index contributed by atoms with van der Waals surface area (Å²) in [7, 11) is 0. The number of anilines is 1. The number of carbonyl (C=O) groups excluding carboxylic acids is 1. The number of likely N-dealkylation sites (tertiary alicyclic amines) is 1. The molecule has 2 aromatic carbocycles. The normalized spacial score (nSPS) is 18.8. The molecule has 2 aliphatic heterocycles. The van der Waals surface area contributed by atoms with Crippen LogP contribution in [0.15, 0.2) is 67.0 Å². The molecule has 0 radical (unpaired) electrons. The first-order valence-electron chi connectivity index (χ1n) is 10.9. The zero-order valence-electron chi connectivity index (χ0n) is 17.8. The highest BCUT2D eigenvalue weighted by Crippen LogP contribution is 2.33. The van der Waals surface area contributed by atoms with Gasteiger partial charge in [-0.15, -0.1) is 0 Å². The molecule has 2 aliphatic rings. The molecule has 32 heavy (non-hydrogen) atoms. The first kappa shape index (κ1) is 20.7. The fourth-order valence-electron chi connectivity index (χ4n) is 4.42. The van der Waals surface area contributed by atoms with Gasteiger partial charge >= 0.3 is 0 Å². The molecule has 7 heteroatoms. The van der Waals surface area contributed by atoms with Crippen LogP contribution in [0.25, 0.3) is 11.4 Å². The monoisotopic (exact) mass is 432 g/mol. The number of nitrogens with zero attached hydrogens (tertiary/aromatic N) is 4. The minimum Gasteiger partial charge on any atom is -0.363 e. The van der Waals surface area contributed by atoms with Gasteiger partial charge in [-0.05, 0) is 37.1 Å². The average molecular weight is 432 g/mol. The van der Waals surface area contributed by atoms with Crippen molar-refractivity contribution in [2.45, 2.75) is 25.0 Å². The smallest absolute Gasteiger partial charge is 0.253 e. The maximum absolute atomic E-state index is 13.3. The Morgan fingerprint density at radius 3 is 2.34 bits per heavy atom. The summed E-state index contributed by atoms with van der Waals surface area (Å²) in [6.07, 6.45) is 5.46. The van der Waals surface area contributed by atoms with E-state index in [1.165, 1.54) is 12.1 Å². The number of ether oxygens (including phenoxy) is 1. The molecule has 2 fully saturated rings. The Balaban J connectivity index is 1.20. The van der Waals surface area contributed by atoms with E-state index >= 15 is 0 Å². The number of piperidine rings is 1. The van der Waals surface area contributed by atoms with Gasteiger partial charge in [0.2, 0.25) is 0 Å². The van der Waals surface area contributed by atoms with Gasteiger partial charge in [-0.3, -0.25) is 9.69 Å². The molecule has 1 aromatic heterocycles. The highest BCUT2D eigenvalue weighted by atomic mass is 19.1. The van der Waals surface area contributed by atoms with Crippen LogP contribution >= 0.6 is 0 Å². The minimum atomic E-state index is -0.355. The molecule has 1 amide bonds. The van der Waals surface area contributed by atoms with Gasteiger partial charge in [0.05, 0.1) is 12.1 Å². The third kappa shape index (κ3) is 4.40. The van der Waals surface area contributed by atoms with Crippen LogP contribution in [0.1, 0.15) is 18.4 Å². The SMILES string of the molecule is O=C1COC2(CCN(Cc3cnc(-c4ccccc4)nc3)CC2)CN1c1ccc(F)cc1. The van der Waals surface area contributed by atoms with Crippen LogP contribution in [0.4, 0.5) is 10.1 Å². The van der Waals surface area contributed by atoms with Crippen molar-refractivity contribution in [3.8, 4) is 11.4 Å². The van der Waals surface area contributed by atoms with Crippen LogP contribution in [0.2, 0.25) is 0 Å². The van der Waals surface area contributed by atoms with Crippen molar-refractivity contribution in [1.82, 2.24) is 14.9 Å². The molecule has 2 saturated heterocycles. The van der Waals surface area contributed by atoms with Crippen LogP contribution in [0.5, 0.6) is 0 Å². The first-order valence-corrected chi connectivity index (χ1v) is 10.9. The lowest BCUT2D eigenvalue weighted by Gasteiger charge is -2.47. The lowest BCUT2D eigenvalue weighted by molar-refractivity contribution is -0.144. The Morgan fingerprint density at radius 1 is 0.969 bits per heavy atom. The summed E-state index contributed by atoms with van der Waals surface area (Å²) in [5.41, 5.74) is 2.45. The molecule has 5 rings (SSSR count). The summed E-state index contributed by atoms with van der Waals surface area (Å²) in [5.74, 6) is 0.340. The topological polar surface area (TPSA) is 58.6 Å². The van der Waals surface area contributed by atoms with Gasteiger partial charge in [-0.1, -0.05) is 30.3 Å². The van der Waals surface area contributed by atoms with Gasteiger partial charge in [0.1, 0.15) is 12.4 Å². The van der Waals surface area contributed by atoms with Crippen molar-refractivity contribution in [2.75, 3.05) is 31.1 Å². The Labute approximate surface area is 186 Å². The molecular weight excluding hydrogens is 407 g/mol. The van der Waals surface area contributed by atoms with E-state index in [1.54, 1.807) is 17.0 Å². The number of rotatable bonds is 4. The molecule has 164 valence electrons. The van der Waals surface area contributed by atoms with Crippen LogP contribution in [0, 0.1) is 5.82 Å². The number of benzene rings is 2. The largest absolute Gasteiger partial charge is 0.363 e. The second kappa shape index (κ2) is 8.76. The van der Waals surface area contributed by atoms with Gasteiger partial charge in [0.25, 0.3) is 5.91 Å². The quantitative estimate of drug-likeness (QED) is 0.630. The molecule has 6 nitrogen and oxygen atoms in total. The Hall–Kier alpha value is -3.16. The number of amides is 1. The summed E-state index contributed by atoms with van der Waals surface area (Å²) < 4.78 is 19.3. The molecule has 0 aliphatic carbocycles. The number of morpholine rings is 1. The summed E-state index contributed by atoms with van der Waals surface area (Å²) in [6.45, 7) is 3.08. The zero-order chi connectivity index (χ0) is 22.0. The minimum absolute atomic E-state index is 0.0617. The molecule has 3 aromatic rings. The Bertz CT molecular complexity index is 1070. The van der Waals surface area contributed by atoms with E-state index in [4.69, 9.17) is 4.74 Å². The summed E-state index contributed by atoms with van der Waals surface area (Å²) >= 11 is 0. The third-order valence-corrected chi connectivity index (χ3v) is 6.30. The van der Waals surface area contributed by atoms with Crippen molar-refractivity contribution in [1.29, 1.82) is 0 Å². The number of halogens is 1. The van der Waals surface area contributed by atoms with E-state index in [-0.39, 0.29) is 23.9 Å². The molecule has 0 bridgehead atoms. The molecule has 0 unspecified atom stereocenters. The van der Waals surface area contributed by atoms with E-state index in [2.05, 4.69) is 14.9 Å². The van der Waals surface area contributed by atoms with Crippen molar-refractivity contribution in [3.05, 3.63) is 78.4 Å². The second-order valence-electron chi connectivity index (χ2n) is 8.49. The molecular formula is C25H25FN4O2. The predicted octanol–water partition coefficient (Wildman–Crippen LogP) is 3.68. The van der Waals surface area contributed by atoms with E-state index < -0.39 is 0 Å². The van der Waals surface area contributed by atoms with Gasteiger partial charge < -0.3 is 9.64 Å². The van der Waals surface area contributed by atoms with Crippen LogP contribution in [-0.2, 0) is 16.1 Å². The zero-order valence-corrected chi connectivity index (χ0v) is 17.8. The van der Waals surface area contributed by atoms with Gasteiger partial charge in [0, 0.05) is 48.8 Å². The standard InChI is InChI=1S/C25H25FN4O2/c26-21-6-8-22(9-7-21)30-18-25(32-17-23(30)31)10-12-29(13-11-25)16-19-14-27-24(28-15-19)20-4-2-1-3-5-20/h1-9,14-15H,10-13,16-18H2. The lowest BCUT2D eigenvalue weighted by Crippen LogP contribution is -2.58. The second-order valence-corrected chi connectivity index (χ2v) is 8.49. The molecule has 0 N–H and O–H groups in total. The number of carbonyl (C=O) groups is 1. The van der Waals surface area contributed by atoms with Crippen molar-refractivity contribution >= 4 is 11.6 Å². The maximum Gasteiger partial charge on any atom is 0.253 e. The number of hydrogen-bond acceptors (Lipinski definition) is 5.